The van der Waals surface area contributed by atoms with Crippen LogP contribution in [0, 0.1) is 0 Å². The summed E-state index contributed by atoms with van der Waals surface area (Å²) >= 11 is 0. The van der Waals surface area contributed by atoms with Crippen molar-refractivity contribution in [1.29, 1.82) is 0 Å². The minimum Gasteiger partial charge on any atom is -0.475 e. The van der Waals surface area contributed by atoms with E-state index in [-0.39, 0.29) is 16.2 Å². The van der Waals surface area contributed by atoms with Gasteiger partial charge in [0, 0.05) is 0 Å². The highest BCUT2D eigenvalue weighted by Crippen LogP contribution is 2.26. The van der Waals surface area contributed by atoms with Gasteiger partial charge < -0.3 is 4.74 Å². The van der Waals surface area contributed by atoms with Gasteiger partial charge in [0.1, 0.15) is 6.61 Å². The van der Waals surface area contributed by atoms with Crippen LogP contribution in [0.1, 0.15) is 25.0 Å². The van der Waals surface area contributed by atoms with Crippen molar-refractivity contribution in [1.82, 2.24) is 0 Å². The largest absolute Gasteiger partial charge is 0.475 e. The van der Waals surface area contributed by atoms with Crippen molar-refractivity contribution in [3.05, 3.63) is 65.7 Å². The summed E-state index contributed by atoms with van der Waals surface area (Å²) in [6.07, 6.45) is 0. The highest BCUT2D eigenvalue weighted by atomic mass is 32.2. The molecule has 0 fully saturated rings. The number of sulfone groups is 1. The van der Waals surface area contributed by atoms with Crippen molar-refractivity contribution in [2.24, 2.45) is 4.99 Å². The van der Waals surface area contributed by atoms with Gasteiger partial charge >= 0.3 is 0 Å². The number of ether oxygens (including phenoxy) is 1. The van der Waals surface area contributed by atoms with Crippen LogP contribution in [0.15, 0.2) is 64.5 Å². The quantitative estimate of drug-likeness (QED) is 0.865. The summed E-state index contributed by atoms with van der Waals surface area (Å²) in [6.45, 7) is 4.37. The zero-order chi connectivity index (χ0) is 16.5. The van der Waals surface area contributed by atoms with E-state index < -0.39 is 9.84 Å². The Morgan fingerprint density at radius 1 is 1.04 bits per heavy atom. The first kappa shape index (κ1) is 15.7. The molecule has 0 N–H and O–H groups in total. The maximum absolute atomic E-state index is 12.8. The van der Waals surface area contributed by atoms with Gasteiger partial charge in [-0.15, -0.1) is 0 Å². The number of nitrogens with zero attached hydrogens (tertiary/aromatic N) is 1. The number of hydrogen-bond donors (Lipinski definition) is 0. The third kappa shape index (κ3) is 3.45. The molecule has 120 valence electrons. The van der Waals surface area contributed by atoms with Crippen molar-refractivity contribution in [2.75, 3.05) is 6.61 Å². The van der Waals surface area contributed by atoms with E-state index in [1.807, 2.05) is 44.2 Å². The van der Waals surface area contributed by atoms with Crippen LogP contribution in [0.3, 0.4) is 0 Å². The van der Waals surface area contributed by atoms with Crippen LogP contribution in [0.2, 0.25) is 0 Å². The molecule has 0 saturated carbocycles. The maximum Gasteiger partial charge on any atom is 0.218 e. The molecular formula is C18H19NO3S. The molecule has 0 unspecified atom stereocenters. The minimum absolute atomic E-state index is 0.0402. The van der Waals surface area contributed by atoms with E-state index in [0.717, 1.165) is 5.56 Å². The van der Waals surface area contributed by atoms with Gasteiger partial charge in [0.15, 0.2) is 9.84 Å². The van der Waals surface area contributed by atoms with Crippen LogP contribution in [0.5, 0.6) is 0 Å². The summed E-state index contributed by atoms with van der Waals surface area (Å²) in [7, 11) is -3.48. The van der Waals surface area contributed by atoms with Crippen molar-refractivity contribution in [3.8, 4) is 0 Å². The third-order valence-corrected chi connectivity index (χ3v) is 5.36. The lowest BCUT2D eigenvalue weighted by molar-refractivity contribution is 0.279. The summed E-state index contributed by atoms with van der Waals surface area (Å²) < 4.78 is 31.3. The Kier molecular flexibility index (Phi) is 3.98. The van der Waals surface area contributed by atoms with Crippen LogP contribution < -0.4 is 0 Å². The normalized spacial score (nSPS) is 16.7. The van der Waals surface area contributed by atoms with Gasteiger partial charge in [-0.1, -0.05) is 42.5 Å². The zero-order valence-electron chi connectivity index (χ0n) is 13.2. The van der Waals surface area contributed by atoms with Crippen molar-refractivity contribution in [2.45, 2.75) is 30.0 Å². The first-order valence-electron chi connectivity index (χ1n) is 7.46. The molecule has 1 heterocycles. The summed E-state index contributed by atoms with van der Waals surface area (Å²) in [5.41, 5.74) is 0.969. The molecule has 0 saturated heterocycles. The molecule has 0 aliphatic carbocycles. The number of aliphatic imine (C=N–C) groups is 1. The van der Waals surface area contributed by atoms with E-state index in [1.165, 1.54) is 0 Å². The molecule has 2 aromatic carbocycles. The lowest BCUT2D eigenvalue weighted by Crippen LogP contribution is -2.17. The van der Waals surface area contributed by atoms with E-state index in [4.69, 9.17) is 4.74 Å². The minimum atomic E-state index is -3.48. The Balaban J connectivity index is 2.01. The lowest BCUT2D eigenvalue weighted by atomic mass is 10.1. The third-order valence-electron chi connectivity index (χ3n) is 3.62. The van der Waals surface area contributed by atoms with E-state index in [2.05, 4.69) is 4.99 Å². The van der Waals surface area contributed by atoms with Crippen LogP contribution in [-0.2, 0) is 20.3 Å². The average molecular weight is 329 g/mol. The number of hydrogen-bond acceptors (Lipinski definition) is 4. The topological polar surface area (TPSA) is 55.7 Å². The molecule has 0 bridgehead atoms. The molecule has 4 nitrogen and oxygen atoms in total. The first-order chi connectivity index (χ1) is 10.9. The van der Waals surface area contributed by atoms with Crippen molar-refractivity contribution in [3.63, 3.8) is 0 Å². The second-order valence-corrected chi connectivity index (χ2v) is 8.22. The van der Waals surface area contributed by atoms with Gasteiger partial charge in [0.2, 0.25) is 5.90 Å². The second-order valence-electron chi connectivity index (χ2n) is 6.26. The standard InChI is InChI=1S/C18H19NO3S/c1-18(2)13-22-17(19-18)15-10-6-7-11-16(15)23(20,21)12-14-8-4-3-5-9-14/h3-11H,12-13H2,1-2H3. The van der Waals surface area contributed by atoms with Gasteiger partial charge in [-0.05, 0) is 31.5 Å². The SMILES string of the molecule is CC1(C)COC(c2ccccc2S(=O)(=O)Cc2ccccc2)=N1. The predicted molar refractivity (Wildman–Crippen MR) is 90.3 cm³/mol. The maximum atomic E-state index is 12.8. The van der Waals surface area contributed by atoms with Gasteiger partial charge in [-0.2, -0.15) is 0 Å². The van der Waals surface area contributed by atoms with Crippen LogP contribution in [-0.4, -0.2) is 26.5 Å². The molecule has 2 aromatic rings. The average Bonchev–Trinajstić information content (AvgIpc) is 2.88. The lowest BCUT2D eigenvalue weighted by Gasteiger charge is -2.10. The Morgan fingerprint density at radius 2 is 1.70 bits per heavy atom. The Bertz CT molecular complexity index is 840. The molecular weight excluding hydrogens is 310 g/mol. The fourth-order valence-corrected chi connectivity index (χ4v) is 4.07. The monoisotopic (exact) mass is 329 g/mol. The molecule has 3 rings (SSSR count). The van der Waals surface area contributed by atoms with Crippen LogP contribution in [0.25, 0.3) is 0 Å². The van der Waals surface area contributed by atoms with Crippen LogP contribution in [0.4, 0.5) is 0 Å². The zero-order valence-corrected chi connectivity index (χ0v) is 14.0. The highest BCUT2D eigenvalue weighted by Gasteiger charge is 2.30. The summed E-state index contributed by atoms with van der Waals surface area (Å²) in [5.74, 6) is 0.365. The first-order valence-corrected chi connectivity index (χ1v) is 9.11. The molecule has 5 heteroatoms. The summed E-state index contributed by atoms with van der Waals surface area (Å²) in [5, 5.41) is 0. The summed E-state index contributed by atoms with van der Waals surface area (Å²) in [6, 6.07) is 16.1. The molecule has 1 aliphatic heterocycles. The Labute approximate surface area is 136 Å². The van der Waals surface area contributed by atoms with Gasteiger partial charge in [-0.3, -0.25) is 0 Å². The molecule has 0 radical (unpaired) electrons. The van der Waals surface area contributed by atoms with E-state index >= 15 is 0 Å². The van der Waals surface area contributed by atoms with Crippen molar-refractivity contribution >= 4 is 15.7 Å². The number of benzene rings is 2. The van der Waals surface area contributed by atoms with Gasteiger partial charge in [0.25, 0.3) is 0 Å². The molecule has 1 aliphatic rings. The fourth-order valence-electron chi connectivity index (χ4n) is 2.51. The highest BCUT2D eigenvalue weighted by molar-refractivity contribution is 7.90. The Hall–Kier alpha value is -2.14. The van der Waals surface area contributed by atoms with Gasteiger partial charge in [0.05, 0.1) is 21.8 Å². The van der Waals surface area contributed by atoms with E-state index in [0.29, 0.717) is 18.1 Å². The Morgan fingerprint density at radius 3 is 2.35 bits per heavy atom. The molecule has 0 amide bonds. The fraction of sp³-hybridized carbons (Fsp3) is 0.278. The van der Waals surface area contributed by atoms with E-state index in [1.54, 1.807) is 24.3 Å². The molecule has 0 atom stereocenters. The van der Waals surface area contributed by atoms with Crippen molar-refractivity contribution < 1.29 is 13.2 Å². The number of rotatable bonds is 4. The van der Waals surface area contributed by atoms with Crippen LogP contribution >= 0.6 is 0 Å². The molecule has 0 spiro atoms. The molecule has 23 heavy (non-hydrogen) atoms. The van der Waals surface area contributed by atoms with E-state index in [9.17, 15) is 8.42 Å². The smallest absolute Gasteiger partial charge is 0.218 e. The second kappa shape index (κ2) is 5.81. The van der Waals surface area contributed by atoms with Gasteiger partial charge in [-0.25, -0.2) is 13.4 Å². The predicted octanol–water partition coefficient (Wildman–Crippen LogP) is 3.22. The molecule has 0 aromatic heterocycles. The summed E-state index contributed by atoms with van der Waals surface area (Å²) in [4.78, 5) is 4.77.